The van der Waals surface area contributed by atoms with Crippen LogP contribution in [0.25, 0.3) is 11.1 Å². The number of nitrogens with one attached hydrogen (secondary N) is 2. The van der Waals surface area contributed by atoms with Gasteiger partial charge in [0, 0.05) is 35.2 Å². The van der Waals surface area contributed by atoms with Crippen LogP contribution in [0.2, 0.25) is 0 Å². The maximum atomic E-state index is 14.6. The molecule has 1 aliphatic carbocycles. The van der Waals surface area contributed by atoms with Crippen LogP contribution in [0.1, 0.15) is 99.6 Å². The van der Waals surface area contributed by atoms with E-state index >= 15 is 0 Å². The molecule has 5 N–H and O–H groups in total. The van der Waals surface area contributed by atoms with E-state index in [0.29, 0.717) is 29.7 Å². The molecule has 1 spiro atoms. The first-order valence-corrected chi connectivity index (χ1v) is 23.7. The summed E-state index contributed by atoms with van der Waals surface area (Å²) in [4.78, 5) is 98.3. The summed E-state index contributed by atoms with van der Waals surface area (Å²) < 4.78 is 22.2. The molecule has 8 rings (SSSR count). The summed E-state index contributed by atoms with van der Waals surface area (Å²) in [7, 11) is 1.17. The Morgan fingerprint density at radius 2 is 1.44 bits per heavy atom. The lowest BCUT2D eigenvalue weighted by atomic mass is 9.70. The molecule has 3 aliphatic heterocycles. The van der Waals surface area contributed by atoms with Gasteiger partial charge >= 0.3 is 18.3 Å². The topological polar surface area (TPSA) is 236 Å². The SMILES string of the molecule is CCCCC1(CCCC)c2cc(NC(=O)[C@@H]3CC4(CN3C(=O)[C@H](OC(N)=O)c3ccccc3)OCCO4)ccc2-c2ccc(N(C(=O)O)[C@H]3CC(=O)CN3C(=O)[C@H](NC(=O)OC)c3ccccc3)cc21. The average Bonchev–Trinajstić information content (AvgIpc) is 4.15. The smallest absolute Gasteiger partial charge is 0.413 e. The first kappa shape index (κ1) is 49.1. The Morgan fingerprint density at radius 3 is 2.04 bits per heavy atom. The molecule has 70 heavy (non-hydrogen) atoms. The van der Waals surface area contributed by atoms with E-state index in [-0.39, 0.29) is 50.6 Å². The van der Waals surface area contributed by atoms with Crippen molar-refractivity contribution in [2.24, 2.45) is 5.73 Å². The Bertz CT molecular complexity index is 2630. The van der Waals surface area contributed by atoms with Crippen molar-refractivity contribution >= 4 is 53.2 Å². The zero-order valence-corrected chi connectivity index (χ0v) is 39.4. The second-order valence-electron chi connectivity index (χ2n) is 18.1. The number of methoxy groups -OCH3 is 1. The number of alkyl carbamates (subject to hydrolysis) is 1. The third-order valence-corrected chi connectivity index (χ3v) is 13.8. The Morgan fingerprint density at radius 1 is 0.829 bits per heavy atom. The molecule has 368 valence electrons. The fraction of sp³-hybridized carbons (Fsp3) is 0.404. The van der Waals surface area contributed by atoms with E-state index in [1.807, 2.05) is 24.3 Å². The van der Waals surface area contributed by atoms with E-state index in [4.69, 9.17) is 24.7 Å². The molecule has 4 atom stereocenters. The van der Waals surface area contributed by atoms with Gasteiger partial charge in [-0.15, -0.1) is 0 Å². The number of carbonyl (C=O) groups excluding carboxylic acids is 6. The number of nitrogens with zero attached hydrogens (tertiary/aromatic N) is 3. The van der Waals surface area contributed by atoms with Crippen molar-refractivity contribution in [3.63, 3.8) is 0 Å². The van der Waals surface area contributed by atoms with Crippen molar-refractivity contribution in [3.8, 4) is 11.1 Å². The molecular formula is C52H58N6O12. The summed E-state index contributed by atoms with van der Waals surface area (Å²) in [5, 5.41) is 16.6. The molecule has 0 aromatic heterocycles. The molecule has 18 nitrogen and oxygen atoms in total. The van der Waals surface area contributed by atoms with Gasteiger partial charge in [-0.25, -0.2) is 14.4 Å². The van der Waals surface area contributed by atoms with Gasteiger partial charge in [-0.2, -0.15) is 0 Å². The average molecular weight is 959 g/mol. The number of Topliss-reactive ketones (excluding diaryl/α,β-unsaturated/α-hetero) is 1. The van der Waals surface area contributed by atoms with Gasteiger partial charge in [0.05, 0.1) is 33.4 Å². The summed E-state index contributed by atoms with van der Waals surface area (Å²) in [5.74, 6) is -3.46. The number of hydrogen-bond donors (Lipinski definition) is 4. The van der Waals surface area contributed by atoms with Crippen LogP contribution >= 0.6 is 0 Å². The minimum absolute atomic E-state index is 0.0170. The van der Waals surface area contributed by atoms with Gasteiger partial charge in [-0.3, -0.25) is 24.1 Å². The predicted octanol–water partition coefficient (Wildman–Crippen LogP) is 7.16. The largest absolute Gasteiger partial charge is 0.465 e. The van der Waals surface area contributed by atoms with Crippen LogP contribution < -0.4 is 21.3 Å². The third-order valence-electron chi connectivity index (χ3n) is 13.8. The van der Waals surface area contributed by atoms with Gasteiger partial charge in [-0.1, -0.05) is 112 Å². The highest BCUT2D eigenvalue weighted by molar-refractivity contribution is 6.00. The summed E-state index contributed by atoms with van der Waals surface area (Å²) in [5.41, 5.74) is 9.88. The molecule has 6 amide bonds. The number of unbranched alkanes of at least 4 members (excludes halogenated alkanes) is 2. The molecule has 0 unspecified atom stereocenters. The molecule has 0 radical (unpaired) electrons. The lowest BCUT2D eigenvalue weighted by Gasteiger charge is -2.36. The number of amides is 6. The van der Waals surface area contributed by atoms with Crippen molar-refractivity contribution in [1.82, 2.24) is 15.1 Å². The second-order valence-corrected chi connectivity index (χ2v) is 18.1. The highest BCUT2D eigenvalue weighted by Crippen LogP contribution is 2.56. The van der Waals surface area contributed by atoms with Crippen molar-refractivity contribution in [2.75, 3.05) is 43.6 Å². The van der Waals surface area contributed by atoms with Gasteiger partial charge in [-0.05, 0) is 64.9 Å². The van der Waals surface area contributed by atoms with Gasteiger partial charge in [0.25, 0.3) is 11.8 Å². The molecule has 0 saturated carbocycles. The lowest BCUT2D eigenvalue weighted by Crippen LogP contribution is -2.53. The number of carboxylic acid groups (broad SMARTS) is 1. The maximum Gasteiger partial charge on any atom is 0.413 e. The monoisotopic (exact) mass is 958 g/mol. The fourth-order valence-corrected chi connectivity index (χ4v) is 10.5. The van der Waals surface area contributed by atoms with Crippen LogP contribution in [0, 0.1) is 0 Å². The van der Waals surface area contributed by atoms with Gasteiger partial charge < -0.3 is 50.2 Å². The number of rotatable bonds is 16. The number of fused-ring (bicyclic) bond motifs is 3. The summed E-state index contributed by atoms with van der Waals surface area (Å²) >= 11 is 0. The number of likely N-dealkylation sites (tertiary alicyclic amines) is 2. The van der Waals surface area contributed by atoms with Crippen LogP contribution in [-0.4, -0.2) is 108 Å². The standard InChI is InChI=1S/C52H58N6O12/c1-4-6-22-51(23-7-5-2)39-26-34(54-45(60)41-29-52(68-24-25-69-52)31-57(41)47(62)44(70-48(53)63)33-16-12-9-13-17-33)18-20-37(39)38-21-19-35(27-40(38)51)58(50(65)66)42-28-36(59)30-56(42)46(61)43(55-49(64)67-3)32-14-10-8-11-15-32/h8-21,26-27,41-44H,4-7,22-25,28-31H2,1-3H3,(H2,53,63)(H,54,60)(H,55,64)(H,65,66)/t41-,42-,43+,44+/m0/s1. The van der Waals surface area contributed by atoms with Crippen LogP contribution in [0.4, 0.5) is 25.8 Å². The lowest BCUT2D eigenvalue weighted by molar-refractivity contribution is -0.156. The van der Waals surface area contributed by atoms with Crippen molar-refractivity contribution in [3.05, 3.63) is 119 Å². The number of hydrogen-bond acceptors (Lipinski definition) is 11. The van der Waals surface area contributed by atoms with E-state index in [1.165, 1.54) is 16.9 Å². The predicted molar refractivity (Wildman–Crippen MR) is 255 cm³/mol. The molecular weight excluding hydrogens is 901 g/mol. The quantitative estimate of drug-likeness (QED) is 0.0876. The molecule has 4 aliphatic rings. The Labute approximate surface area is 405 Å². The molecule has 3 saturated heterocycles. The Kier molecular flexibility index (Phi) is 14.5. The van der Waals surface area contributed by atoms with E-state index in [0.717, 1.165) is 52.8 Å². The highest BCUT2D eigenvalue weighted by Gasteiger charge is 2.54. The number of ether oxygens (including phenoxy) is 4. The normalized spacial score (nSPS) is 19.2. The molecule has 4 aromatic carbocycles. The summed E-state index contributed by atoms with van der Waals surface area (Å²) in [6, 6.07) is 25.5. The van der Waals surface area contributed by atoms with E-state index in [9.17, 15) is 38.7 Å². The first-order valence-electron chi connectivity index (χ1n) is 23.7. The minimum atomic E-state index is -1.43. The molecule has 3 fully saturated rings. The van der Waals surface area contributed by atoms with E-state index in [1.54, 1.807) is 72.8 Å². The highest BCUT2D eigenvalue weighted by atomic mass is 16.7. The molecule has 18 heteroatoms. The summed E-state index contributed by atoms with van der Waals surface area (Å²) in [6.45, 7) is 4.26. The van der Waals surface area contributed by atoms with Crippen LogP contribution in [0.15, 0.2) is 97.1 Å². The number of nitrogens with two attached hydrogens (primary N) is 1. The van der Waals surface area contributed by atoms with Crippen LogP contribution in [-0.2, 0) is 43.5 Å². The van der Waals surface area contributed by atoms with Gasteiger partial charge in [0.15, 0.2) is 11.6 Å². The number of anilines is 2. The van der Waals surface area contributed by atoms with Crippen molar-refractivity contribution < 1.29 is 57.6 Å². The van der Waals surface area contributed by atoms with Gasteiger partial charge in [0.2, 0.25) is 12.0 Å². The zero-order valence-electron chi connectivity index (χ0n) is 39.4. The Balaban J connectivity index is 1.14. The van der Waals surface area contributed by atoms with Crippen LogP contribution in [0.5, 0.6) is 0 Å². The molecule has 4 aromatic rings. The minimum Gasteiger partial charge on any atom is -0.465 e. The van der Waals surface area contributed by atoms with Crippen LogP contribution in [0.3, 0.4) is 0 Å². The third kappa shape index (κ3) is 9.65. The first-order chi connectivity index (χ1) is 33.7. The van der Waals surface area contributed by atoms with Crippen molar-refractivity contribution in [1.29, 1.82) is 0 Å². The summed E-state index contributed by atoms with van der Waals surface area (Å²) in [6.07, 6.45) is -1.62. The maximum absolute atomic E-state index is 14.6. The zero-order chi connectivity index (χ0) is 49.7. The van der Waals surface area contributed by atoms with E-state index in [2.05, 4.69) is 24.5 Å². The van der Waals surface area contributed by atoms with E-state index < -0.39 is 71.6 Å². The number of benzene rings is 4. The van der Waals surface area contributed by atoms with Crippen molar-refractivity contribution in [2.45, 2.75) is 101 Å². The second kappa shape index (κ2) is 20.7. The molecule has 3 heterocycles. The number of carbonyl (C=O) groups is 7. The number of primary amides is 1. The molecule has 0 bridgehead atoms. The Hall–Kier alpha value is -7.31. The fourth-order valence-electron chi connectivity index (χ4n) is 10.5. The number of ketones is 1. The van der Waals surface area contributed by atoms with Gasteiger partial charge in [0.1, 0.15) is 18.2 Å².